The van der Waals surface area contributed by atoms with Gasteiger partial charge in [0.25, 0.3) is 5.91 Å². The maximum atomic E-state index is 13.5. The van der Waals surface area contributed by atoms with Gasteiger partial charge >= 0.3 is 0 Å². The predicted molar refractivity (Wildman–Crippen MR) is 79.5 cm³/mol. The number of aliphatic imine (C=N–C) groups is 1. The van der Waals surface area contributed by atoms with Gasteiger partial charge in [-0.15, -0.1) is 0 Å². The van der Waals surface area contributed by atoms with Crippen LogP contribution >= 0.6 is 0 Å². The summed E-state index contributed by atoms with van der Waals surface area (Å²) in [5, 5.41) is 6.81. The normalized spacial score (nSPS) is 11.0. The summed E-state index contributed by atoms with van der Waals surface area (Å²) in [6.45, 7) is 2.56. The SMILES string of the molecule is CCCNC(=O)c1c(N=Cc2ccccc2F)cnn1C. The molecule has 0 spiro atoms. The second kappa shape index (κ2) is 6.78. The van der Waals surface area contributed by atoms with E-state index in [1.54, 1.807) is 25.2 Å². The number of nitrogens with zero attached hydrogens (tertiary/aromatic N) is 3. The van der Waals surface area contributed by atoms with E-state index < -0.39 is 0 Å². The Morgan fingerprint density at radius 3 is 2.95 bits per heavy atom. The van der Waals surface area contributed by atoms with Crippen molar-refractivity contribution in [3.8, 4) is 0 Å². The lowest BCUT2D eigenvalue weighted by molar-refractivity contribution is 0.0945. The van der Waals surface area contributed by atoms with E-state index in [1.807, 2.05) is 6.92 Å². The number of hydrogen-bond donors (Lipinski definition) is 1. The molecule has 0 atom stereocenters. The van der Waals surface area contributed by atoms with Gasteiger partial charge in [0, 0.05) is 25.4 Å². The molecule has 1 heterocycles. The standard InChI is InChI=1S/C15H17FN4O/c1-3-8-17-15(21)14-13(10-19-20(14)2)18-9-11-6-4-5-7-12(11)16/h4-7,9-10H,3,8H2,1-2H3,(H,17,21). The van der Waals surface area contributed by atoms with Gasteiger partial charge in [-0.1, -0.05) is 25.1 Å². The molecule has 1 aromatic heterocycles. The highest BCUT2D eigenvalue weighted by atomic mass is 19.1. The molecule has 1 amide bonds. The molecule has 0 saturated heterocycles. The molecule has 2 rings (SSSR count). The van der Waals surface area contributed by atoms with Crippen LogP contribution < -0.4 is 5.32 Å². The zero-order valence-electron chi connectivity index (χ0n) is 12.0. The molecule has 0 fully saturated rings. The summed E-state index contributed by atoms with van der Waals surface area (Å²) in [5.74, 6) is -0.598. The minimum absolute atomic E-state index is 0.238. The summed E-state index contributed by atoms with van der Waals surface area (Å²) in [6, 6.07) is 6.31. The van der Waals surface area contributed by atoms with E-state index in [0.29, 0.717) is 23.5 Å². The first-order valence-electron chi connectivity index (χ1n) is 6.72. The van der Waals surface area contributed by atoms with Gasteiger partial charge in [0.2, 0.25) is 0 Å². The Hall–Kier alpha value is -2.50. The van der Waals surface area contributed by atoms with Gasteiger partial charge in [-0.3, -0.25) is 14.5 Å². The molecule has 0 aliphatic carbocycles. The largest absolute Gasteiger partial charge is 0.351 e. The fraction of sp³-hybridized carbons (Fsp3) is 0.267. The average Bonchev–Trinajstić information content (AvgIpc) is 2.85. The molecule has 6 heteroatoms. The highest BCUT2D eigenvalue weighted by Crippen LogP contribution is 2.18. The molecule has 0 aliphatic heterocycles. The van der Waals surface area contributed by atoms with Gasteiger partial charge in [-0.2, -0.15) is 5.10 Å². The lowest BCUT2D eigenvalue weighted by atomic mass is 10.2. The van der Waals surface area contributed by atoms with Crippen molar-refractivity contribution in [2.24, 2.45) is 12.0 Å². The lowest BCUT2D eigenvalue weighted by Gasteiger charge is -2.04. The van der Waals surface area contributed by atoms with Gasteiger partial charge < -0.3 is 5.32 Å². The number of aromatic nitrogens is 2. The Kier molecular flexibility index (Phi) is 4.81. The van der Waals surface area contributed by atoms with Crippen LogP contribution in [0.15, 0.2) is 35.5 Å². The number of hydrogen-bond acceptors (Lipinski definition) is 3. The molecule has 1 N–H and O–H groups in total. The molecule has 0 aliphatic rings. The molecular weight excluding hydrogens is 271 g/mol. The molecule has 0 saturated carbocycles. The van der Waals surface area contributed by atoms with Crippen molar-refractivity contribution in [2.75, 3.05) is 6.54 Å². The van der Waals surface area contributed by atoms with Crippen molar-refractivity contribution in [1.29, 1.82) is 0 Å². The Balaban J connectivity index is 2.25. The Morgan fingerprint density at radius 1 is 1.48 bits per heavy atom. The highest BCUT2D eigenvalue weighted by Gasteiger charge is 2.15. The van der Waals surface area contributed by atoms with Crippen LogP contribution in [0, 0.1) is 5.82 Å². The maximum absolute atomic E-state index is 13.5. The number of amides is 1. The fourth-order valence-electron chi connectivity index (χ4n) is 1.82. The quantitative estimate of drug-likeness (QED) is 0.859. The third-order valence-corrected chi connectivity index (χ3v) is 2.92. The van der Waals surface area contributed by atoms with Gasteiger partial charge in [0.15, 0.2) is 5.69 Å². The second-order valence-corrected chi connectivity index (χ2v) is 4.54. The number of carbonyl (C=O) groups excluding carboxylic acids is 1. The van der Waals surface area contributed by atoms with Crippen LogP contribution in [0.5, 0.6) is 0 Å². The molecule has 2 aromatic rings. The summed E-state index contributed by atoms with van der Waals surface area (Å²) in [6.07, 6.45) is 3.72. The number of nitrogens with one attached hydrogen (secondary N) is 1. The monoisotopic (exact) mass is 288 g/mol. The van der Waals surface area contributed by atoms with E-state index in [4.69, 9.17) is 0 Å². The predicted octanol–water partition coefficient (Wildman–Crippen LogP) is 2.45. The van der Waals surface area contributed by atoms with Crippen molar-refractivity contribution < 1.29 is 9.18 Å². The van der Waals surface area contributed by atoms with Gasteiger partial charge in [-0.05, 0) is 12.5 Å². The summed E-state index contributed by atoms with van der Waals surface area (Å²) in [4.78, 5) is 16.2. The smallest absolute Gasteiger partial charge is 0.271 e. The summed E-state index contributed by atoms with van der Waals surface area (Å²) in [7, 11) is 1.67. The zero-order valence-corrected chi connectivity index (χ0v) is 12.0. The lowest BCUT2D eigenvalue weighted by Crippen LogP contribution is -2.26. The van der Waals surface area contributed by atoms with Gasteiger partial charge in [0.1, 0.15) is 11.5 Å². The van der Waals surface area contributed by atoms with Crippen molar-refractivity contribution in [1.82, 2.24) is 15.1 Å². The second-order valence-electron chi connectivity index (χ2n) is 4.54. The zero-order chi connectivity index (χ0) is 15.2. The molecule has 21 heavy (non-hydrogen) atoms. The highest BCUT2D eigenvalue weighted by molar-refractivity contribution is 5.98. The number of aryl methyl sites for hydroxylation is 1. The fourth-order valence-corrected chi connectivity index (χ4v) is 1.82. The topological polar surface area (TPSA) is 59.3 Å². The molecule has 1 aromatic carbocycles. The van der Waals surface area contributed by atoms with Crippen LogP contribution in [0.2, 0.25) is 0 Å². The van der Waals surface area contributed by atoms with Crippen LogP contribution in [0.4, 0.5) is 10.1 Å². The molecule has 110 valence electrons. The molecule has 0 bridgehead atoms. The molecule has 0 unspecified atom stereocenters. The van der Waals surface area contributed by atoms with Crippen molar-refractivity contribution in [2.45, 2.75) is 13.3 Å². The van der Waals surface area contributed by atoms with Crippen LogP contribution in [0.1, 0.15) is 29.4 Å². The Bertz CT molecular complexity index is 663. The summed E-state index contributed by atoms with van der Waals surface area (Å²) < 4.78 is 15.0. The van der Waals surface area contributed by atoms with Crippen LogP contribution in [0.3, 0.4) is 0 Å². The Morgan fingerprint density at radius 2 is 2.24 bits per heavy atom. The molecule has 0 radical (unpaired) electrons. The first-order chi connectivity index (χ1) is 10.1. The van der Waals surface area contributed by atoms with E-state index in [9.17, 15) is 9.18 Å². The van der Waals surface area contributed by atoms with Crippen molar-refractivity contribution in [3.63, 3.8) is 0 Å². The summed E-state index contributed by atoms with van der Waals surface area (Å²) in [5.41, 5.74) is 1.13. The third kappa shape index (κ3) is 3.53. The van der Waals surface area contributed by atoms with Gasteiger partial charge in [0.05, 0.1) is 6.20 Å². The maximum Gasteiger partial charge on any atom is 0.271 e. The van der Waals surface area contributed by atoms with Gasteiger partial charge in [-0.25, -0.2) is 4.39 Å². The third-order valence-electron chi connectivity index (χ3n) is 2.92. The van der Waals surface area contributed by atoms with Crippen LogP contribution in [-0.4, -0.2) is 28.4 Å². The first-order valence-corrected chi connectivity index (χ1v) is 6.72. The van der Waals surface area contributed by atoms with Crippen LogP contribution in [-0.2, 0) is 7.05 Å². The number of benzene rings is 1. The van der Waals surface area contributed by atoms with E-state index in [0.717, 1.165) is 6.42 Å². The van der Waals surface area contributed by atoms with Crippen molar-refractivity contribution >= 4 is 17.8 Å². The molecular formula is C15H17FN4O. The van der Waals surface area contributed by atoms with E-state index in [1.165, 1.54) is 23.2 Å². The van der Waals surface area contributed by atoms with E-state index in [2.05, 4.69) is 15.4 Å². The number of halogens is 1. The van der Waals surface area contributed by atoms with E-state index >= 15 is 0 Å². The van der Waals surface area contributed by atoms with Crippen LogP contribution in [0.25, 0.3) is 0 Å². The first kappa shape index (κ1) is 14.9. The number of rotatable bonds is 5. The molecule has 5 nitrogen and oxygen atoms in total. The Labute approximate surface area is 122 Å². The summed E-state index contributed by atoms with van der Waals surface area (Å²) >= 11 is 0. The van der Waals surface area contributed by atoms with Crippen molar-refractivity contribution in [3.05, 3.63) is 47.5 Å². The minimum Gasteiger partial charge on any atom is -0.351 e. The van der Waals surface area contributed by atoms with E-state index in [-0.39, 0.29) is 11.7 Å². The number of carbonyl (C=O) groups is 1. The minimum atomic E-state index is -0.359. The average molecular weight is 288 g/mol.